The summed E-state index contributed by atoms with van der Waals surface area (Å²) in [5, 5.41) is 2.04. The maximum Gasteiger partial charge on any atom is 0.324 e. The normalized spacial score (nSPS) is 12.2. The number of hydrogen-bond donors (Lipinski definition) is 1. The average molecular weight is 485 g/mol. The first-order valence-corrected chi connectivity index (χ1v) is 12.1. The second kappa shape index (κ2) is 10.7. The van der Waals surface area contributed by atoms with Crippen LogP contribution >= 0.6 is 0 Å². The number of carbonyl (C=O) groups excluding carboxylic acids is 2. The first-order valence-electron chi connectivity index (χ1n) is 10.7. The van der Waals surface area contributed by atoms with E-state index in [9.17, 15) is 18.0 Å². The first kappa shape index (κ1) is 25.2. The van der Waals surface area contributed by atoms with Crippen LogP contribution in [0.1, 0.15) is 18.1 Å². The van der Waals surface area contributed by atoms with Crippen LogP contribution in [0.15, 0.2) is 65.6 Å². The molecule has 0 spiro atoms. The molecule has 180 valence electrons. The lowest BCUT2D eigenvalue weighted by Crippen LogP contribution is -2.41. The number of amides is 1. The molecule has 0 saturated carbocycles. The molecule has 0 unspecified atom stereocenters. The third kappa shape index (κ3) is 6.33. The Bertz CT molecular complexity index is 1290. The number of sulfonamides is 1. The van der Waals surface area contributed by atoms with Crippen LogP contribution in [0.25, 0.3) is 10.8 Å². The molecule has 0 fully saturated rings. The number of likely N-dealkylation sites (N-methyl/N-ethyl adjacent to an activating group) is 1. The number of benzene rings is 3. The summed E-state index contributed by atoms with van der Waals surface area (Å²) in [5.74, 6) is -0.474. The zero-order valence-corrected chi connectivity index (χ0v) is 20.4. The minimum atomic E-state index is -3.89. The van der Waals surface area contributed by atoms with E-state index in [2.05, 4.69) is 4.72 Å². The van der Waals surface area contributed by atoms with E-state index in [1.165, 1.54) is 24.0 Å². The van der Waals surface area contributed by atoms with Crippen molar-refractivity contribution in [3.8, 4) is 5.75 Å². The Morgan fingerprint density at radius 1 is 1.00 bits per heavy atom. The van der Waals surface area contributed by atoms with E-state index in [1.807, 2.05) is 43.3 Å². The van der Waals surface area contributed by atoms with Crippen molar-refractivity contribution in [2.24, 2.45) is 0 Å². The number of rotatable bonds is 9. The van der Waals surface area contributed by atoms with Gasteiger partial charge in [-0.3, -0.25) is 9.59 Å². The van der Waals surface area contributed by atoms with Crippen molar-refractivity contribution in [2.45, 2.75) is 31.3 Å². The molecule has 3 aromatic rings. The standard InChI is InChI=1S/C25H28N2O6S/c1-17-5-11-23(12-6-17)34(30,31)26-18(2)25(29)33-16-24(28)27(3)15-19-7-8-21-14-22(32-4)10-9-20(21)13-19/h5-14,18,26H,15-16H2,1-4H3/t18-/m0/s1. The molecule has 1 atom stereocenters. The third-order valence-corrected chi connectivity index (χ3v) is 6.87. The van der Waals surface area contributed by atoms with Gasteiger partial charge in [-0.2, -0.15) is 4.72 Å². The Hall–Kier alpha value is -3.43. The molecule has 0 bridgehead atoms. The zero-order chi connectivity index (χ0) is 24.9. The van der Waals surface area contributed by atoms with Crippen LogP contribution < -0.4 is 9.46 Å². The molecule has 34 heavy (non-hydrogen) atoms. The fourth-order valence-electron chi connectivity index (χ4n) is 3.30. The quantitative estimate of drug-likeness (QED) is 0.469. The number of methoxy groups -OCH3 is 1. The van der Waals surface area contributed by atoms with E-state index >= 15 is 0 Å². The number of hydrogen-bond acceptors (Lipinski definition) is 6. The number of fused-ring (bicyclic) bond motifs is 1. The van der Waals surface area contributed by atoms with Gasteiger partial charge in [-0.15, -0.1) is 0 Å². The summed E-state index contributed by atoms with van der Waals surface area (Å²) >= 11 is 0. The highest BCUT2D eigenvalue weighted by atomic mass is 32.2. The van der Waals surface area contributed by atoms with Gasteiger partial charge in [0.1, 0.15) is 11.8 Å². The molecule has 0 radical (unpaired) electrons. The summed E-state index contributed by atoms with van der Waals surface area (Å²) in [7, 11) is -0.671. The number of nitrogens with zero attached hydrogens (tertiary/aromatic N) is 1. The van der Waals surface area contributed by atoms with E-state index in [4.69, 9.17) is 9.47 Å². The molecule has 3 rings (SSSR count). The van der Waals surface area contributed by atoms with Gasteiger partial charge in [0, 0.05) is 13.6 Å². The minimum absolute atomic E-state index is 0.0439. The number of nitrogens with one attached hydrogen (secondary N) is 1. The van der Waals surface area contributed by atoms with Crippen molar-refractivity contribution in [2.75, 3.05) is 20.8 Å². The number of esters is 1. The van der Waals surface area contributed by atoms with Crippen LogP contribution in [0, 0.1) is 6.92 Å². The Balaban J connectivity index is 1.53. The Labute approximate surface area is 199 Å². The highest BCUT2D eigenvalue weighted by Gasteiger charge is 2.24. The lowest BCUT2D eigenvalue weighted by molar-refractivity contribution is -0.152. The van der Waals surface area contributed by atoms with Crippen LogP contribution in [0.3, 0.4) is 0 Å². The molecular formula is C25H28N2O6S. The summed E-state index contributed by atoms with van der Waals surface area (Å²) < 4.78 is 37.4. The van der Waals surface area contributed by atoms with Gasteiger partial charge in [0.05, 0.1) is 12.0 Å². The molecule has 0 aliphatic heterocycles. The van der Waals surface area contributed by atoms with E-state index in [0.29, 0.717) is 6.54 Å². The van der Waals surface area contributed by atoms with Crippen LogP contribution in [-0.2, 0) is 30.9 Å². The summed E-state index contributed by atoms with van der Waals surface area (Å²) in [6.07, 6.45) is 0. The zero-order valence-electron chi connectivity index (χ0n) is 19.6. The molecule has 3 aromatic carbocycles. The fraction of sp³-hybridized carbons (Fsp3) is 0.280. The average Bonchev–Trinajstić information content (AvgIpc) is 2.81. The maximum atomic E-state index is 12.5. The van der Waals surface area contributed by atoms with Gasteiger partial charge in [0.15, 0.2) is 6.61 Å². The predicted octanol–water partition coefficient (Wildman–Crippen LogP) is 3.03. The number of carbonyl (C=O) groups is 2. The fourth-order valence-corrected chi connectivity index (χ4v) is 4.49. The first-order chi connectivity index (χ1) is 16.1. The predicted molar refractivity (Wildman–Crippen MR) is 129 cm³/mol. The van der Waals surface area contributed by atoms with E-state index < -0.39 is 34.5 Å². The lowest BCUT2D eigenvalue weighted by Gasteiger charge is -2.19. The highest BCUT2D eigenvalue weighted by molar-refractivity contribution is 7.89. The topological polar surface area (TPSA) is 102 Å². The van der Waals surface area contributed by atoms with Crippen molar-refractivity contribution >= 4 is 32.7 Å². The third-order valence-electron chi connectivity index (χ3n) is 5.31. The molecule has 9 heteroatoms. The Kier molecular flexibility index (Phi) is 7.90. The Morgan fingerprint density at radius 2 is 1.65 bits per heavy atom. The van der Waals surface area contributed by atoms with E-state index in [0.717, 1.165) is 27.6 Å². The smallest absolute Gasteiger partial charge is 0.324 e. The number of ether oxygens (including phenoxy) is 2. The molecule has 0 heterocycles. The monoisotopic (exact) mass is 484 g/mol. The van der Waals surface area contributed by atoms with Crippen molar-refractivity contribution in [1.29, 1.82) is 0 Å². The SMILES string of the molecule is COc1ccc2cc(CN(C)C(=O)COC(=O)[C@H](C)NS(=O)(=O)c3ccc(C)cc3)ccc2c1. The van der Waals surface area contributed by atoms with Crippen molar-refractivity contribution in [3.63, 3.8) is 0 Å². The molecule has 1 amide bonds. The molecule has 0 saturated heterocycles. The molecule has 1 N–H and O–H groups in total. The van der Waals surface area contributed by atoms with Gasteiger partial charge in [-0.25, -0.2) is 8.42 Å². The van der Waals surface area contributed by atoms with E-state index in [-0.39, 0.29) is 4.90 Å². The van der Waals surface area contributed by atoms with Crippen molar-refractivity contribution in [1.82, 2.24) is 9.62 Å². The largest absolute Gasteiger partial charge is 0.497 e. The van der Waals surface area contributed by atoms with Crippen molar-refractivity contribution < 1.29 is 27.5 Å². The molecule has 8 nitrogen and oxygen atoms in total. The lowest BCUT2D eigenvalue weighted by atomic mass is 10.1. The van der Waals surface area contributed by atoms with Crippen molar-refractivity contribution in [3.05, 3.63) is 71.8 Å². The van der Waals surface area contributed by atoms with Gasteiger partial charge in [-0.1, -0.05) is 35.9 Å². The summed E-state index contributed by atoms with van der Waals surface area (Å²) in [4.78, 5) is 26.2. The van der Waals surface area contributed by atoms with Gasteiger partial charge >= 0.3 is 5.97 Å². The molecule has 0 aliphatic rings. The minimum Gasteiger partial charge on any atom is -0.497 e. The van der Waals surface area contributed by atoms with Crippen LogP contribution in [0.2, 0.25) is 0 Å². The highest BCUT2D eigenvalue weighted by Crippen LogP contribution is 2.22. The van der Waals surface area contributed by atoms with Gasteiger partial charge < -0.3 is 14.4 Å². The summed E-state index contributed by atoms with van der Waals surface area (Å²) in [6, 6.07) is 16.7. The second-order valence-corrected chi connectivity index (χ2v) is 9.77. The second-order valence-electron chi connectivity index (χ2n) is 8.06. The molecule has 0 aliphatic carbocycles. The Morgan fingerprint density at radius 3 is 2.32 bits per heavy atom. The summed E-state index contributed by atoms with van der Waals surface area (Å²) in [6.45, 7) is 3.05. The van der Waals surface area contributed by atoms with Gasteiger partial charge in [0.25, 0.3) is 5.91 Å². The molecular weight excluding hydrogens is 456 g/mol. The number of aryl methyl sites for hydroxylation is 1. The molecule has 0 aromatic heterocycles. The summed E-state index contributed by atoms with van der Waals surface area (Å²) in [5.41, 5.74) is 1.83. The van der Waals surface area contributed by atoms with Gasteiger partial charge in [-0.05, 0) is 60.5 Å². The van der Waals surface area contributed by atoms with Crippen LogP contribution in [0.4, 0.5) is 0 Å². The maximum absolute atomic E-state index is 12.5. The van der Waals surface area contributed by atoms with Crippen LogP contribution in [0.5, 0.6) is 5.75 Å². The van der Waals surface area contributed by atoms with E-state index in [1.54, 1.807) is 26.3 Å². The van der Waals surface area contributed by atoms with Gasteiger partial charge in [0.2, 0.25) is 10.0 Å². The van der Waals surface area contributed by atoms with Crippen LogP contribution in [-0.4, -0.2) is 52.0 Å².